The van der Waals surface area contributed by atoms with Crippen LogP contribution in [0.5, 0.6) is 0 Å². The van der Waals surface area contributed by atoms with Gasteiger partial charge in [-0.25, -0.2) is 4.98 Å². The lowest BCUT2D eigenvalue weighted by Crippen LogP contribution is -2.25. The van der Waals surface area contributed by atoms with Gasteiger partial charge in [0, 0.05) is 32.6 Å². The number of aromatic nitrogens is 2. The Hall–Kier alpha value is -1.36. The third-order valence-corrected chi connectivity index (χ3v) is 1.98. The Morgan fingerprint density at radius 3 is 3.07 bits per heavy atom. The van der Waals surface area contributed by atoms with E-state index in [1.807, 2.05) is 6.92 Å². The van der Waals surface area contributed by atoms with Crippen molar-refractivity contribution in [1.82, 2.24) is 9.55 Å². The van der Waals surface area contributed by atoms with E-state index in [9.17, 15) is 4.79 Å². The van der Waals surface area contributed by atoms with E-state index in [4.69, 9.17) is 4.74 Å². The molecular weight excluding hydrogens is 194 g/mol. The van der Waals surface area contributed by atoms with E-state index in [0.29, 0.717) is 19.0 Å². The molecule has 5 nitrogen and oxygen atoms in total. The number of hydrogen-bond donors (Lipinski definition) is 1. The Bertz CT molecular complexity index is 349. The fourth-order valence-corrected chi connectivity index (χ4v) is 1.26. The van der Waals surface area contributed by atoms with E-state index < -0.39 is 0 Å². The zero-order valence-electron chi connectivity index (χ0n) is 9.19. The van der Waals surface area contributed by atoms with Crippen LogP contribution >= 0.6 is 0 Å². The van der Waals surface area contributed by atoms with Crippen molar-refractivity contribution in [3.05, 3.63) is 22.7 Å². The maximum Gasteiger partial charge on any atom is 0.293 e. The molecule has 0 aliphatic rings. The van der Waals surface area contributed by atoms with Gasteiger partial charge in [-0.05, 0) is 6.42 Å². The van der Waals surface area contributed by atoms with Gasteiger partial charge in [-0.15, -0.1) is 0 Å². The van der Waals surface area contributed by atoms with Gasteiger partial charge in [-0.3, -0.25) is 4.79 Å². The van der Waals surface area contributed by atoms with Crippen molar-refractivity contribution in [3.63, 3.8) is 0 Å². The number of ether oxygens (including phenoxy) is 1. The lowest BCUT2D eigenvalue weighted by atomic mass is 10.4. The van der Waals surface area contributed by atoms with Crippen molar-refractivity contribution in [2.24, 2.45) is 0 Å². The number of nitrogens with one attached hydrogen (secondary N) is 1. The molecule has 0 aliphatic carbocycles. The van der Waals surface area contributed by atoms with Crippen molar-refractivity contribution in [1.29, 1.82) is 0 Å². The number of aryl methyl sites for hydroxylation is 1. The maximum absolute atomic E-state index is 11.8. The third-order valence-electron chi connectivity index (χ3n) is 1.98. The Labute approximate surface area is 89.1 Å². The lowest BCUT2D eigenvalue weighted by molar-refractivity contribution is 0.210. The van der Waals surface area contributed by atoms with Crippen LogP contribution in [0.3, 0.4) is 0 Å². The molecule has 0 spiro atoms. The summed E-state index contributed by atoms with van der Waals surface area (Å²) in [6, 6.07) is 0. The maximum atomic E-state index is 11.8. The smallest absolute Gasteiger partial charge is 0.293 e. The summed E-state index contributed by atoms with van der Waals surface area (Å²) in [7, 11) is 1.62. The first-order valence-corrected chi connectivity index (χ1v) is 5.07. The summed E-state index contributed by atoms with van der Waals surface area (Å²) in [4.78, 5) is 15.7. The standard InChI is InChI=1S/C10H17N3O2/c1-3-6-13-7-4-11-9(10(13)14)12-5-8-15-2/h4,7H,3,5-6,8H2,1-2H3,(H,11,12). The molecule has 5 heteroatoms. The summed E-state index contributed by atoms with van der Waals surface area (Å²) in [6.45, 7) is 3.91. The lowest BCUT2D eigenvalue weighted by Gasteiger charge is -2.07. The Morgan fingerprint density at radius 2 is 2.40 bits per heavy atom. The van der Waals surface area contributed by atoms with Crippen molar-refractivity contribution in [2.45, 2.75) is 19.9 Å². The first-order chi connectivity index (χ1) is 7.29. The van der Waals surface area contributed by atoms with Crippen LogP contribution in [0.25, 0.3) is 0 Å². The molecule has 0 radical (unpaired) electrons. The number of nitrogens with zero attached hydrogens (tertiary/aromatic N) is 2. The molecule has 0 bridgehead atoms. The van der Waals surface area contributed by atoms with Gasteiger partial charge >= 0.3 is 0 Å². The van der Waals surface area contributed by atoms with Crippen molar-refractivity contribution in [3.8, 4) is 0 Å². The van der Waals surface area contributed by atoms with E-state index in [2.05, 4.69) is 10.3 Å². The van der Waals surface area contributed by atoms with Gasteiger partial charge in [0.05, 0.1) is 6.61 Å². The highest BCUT2D eigenvalue weighted by Crippen LogP contribution is 1.93. The molecule has 0 saturated heterocycles. The van der Waals surface area contributed by atoms with Crippen molar-refractivity contribution >= 4 is 5.82 Å². The SMILES string of the molecule is CCCn1ccnc(NCCOC)c1=O. The monoisotopic (exact) mass is 211 g/mol. The minimum Gasteiger partial charge on any atom is -0.383 e. The Morgan fingerprint density at radius 1 is 1.60 bits per heavy atom. The van der Waals surface area contributed by atoms with Gasteiger partial charge in [0.25, 0.3) is 5.56 Å². The van der Waals surface area contributed by atoms with Crippen LogP contribution in [0.1, 0.15) is 13.3 Å². The molecule has 0 unspecified atom stereocenters. The molecule has 0 aromatic carbocycles. The molecule has 0 fully saturated rings. The molecule has 84 valence electrons. The van der Waals surface area contributed by atoms with E-state index in [0.717, 1.165) is 13.0 Å². The largest absolute Gasteiger partial charge is 0.383 e. The molecule has 0 amide bonds. The molecule has 1 heterocycles. The van der Waals surface area contributed by atoms with Crippen molar-refractivity contribution < 1.29 is 4.74 Å². The van der Waals surface area contributed by atoms with E-state index in [1.165, 1.54) is 0 Å². The van der Waals surface area contributed by atoms with Crippen LogP contribution in [0.4, 0.5) is 5.82 Å². The average molecular weight is 211 g/mol. The fraction of sp³-hybridized carbons (Fsp3) is 0.600. The molecule has 15 heavy (non-hydrogen) atoms. The van der Waals surface area contributed by atoms with E-state index >= 15 is 0 Å². The molecule has 1 N–H and O–H groups in total. The molecule has 0 saturated carbocycles. The summed E-state index contributed by atoms with van der Waals surface area (Å²) in [5, 5.41) is 2.94. The van der Waals surface area contributed by atoms with Crippen LogP contribution < -0.4 is 10.9 Å². The predicted octanol–water partition coefficient (Wildman–Crippen LogP) is 0.712. The molecule has 1 aromatic heterocycles. The Balaban J connectivity index is 2.71. The molecule has 0 aliphatic heterocycles. The van der Waals surface area contributed by atoms with Gasteiger partial charge in [-0.2, -0.15) is 0 Å². The second-order valence-electron chi connectivity index (χ2n) is 3.19. The summed E-state index contributed by atoms with van der Waals surface area (Å²) in [5.74, 6) is 0.392. The third kappa shape index (κ3) is 3.36. The van der Waals surface area contributed by atoms with Crippen LogP contribution in [0.15, 0.2) is 17.2 Å². The van der Waals surface area contributed by atoms with E-state index in [-0.39, 0.29) is 5.56 Å². The highest BCUT2D eigenvalue weighted by atomic mass is 16.5. The summed E-state index contributed by atoms with van der Waals surface area (Å²) in [5.41, 5.74) is -0.0737. The quantitative estimate of drug-likeness (QED) is 0.704. The second-order valence-corrected chi connectivity index (χ2v) is 3.19. The topological polar surface area (TPSA) is 56.1 Å². The van der Waals surface area contributed by atoms with Crippen LogP contribution in [-0.4, -0.2) is 29.8 Å². The summed E-state index contributed by atoms with van der Waals surface area (Å²) < 4.78 is 6.54. The van der Waals surface area contributed by atoms with Crippen LogP contribution in [-0.2, 0) is 11.3 Å². The minimum absolute atomic E-state index is 0.0737. The summed E-state index contributed by atoms with van der Waals surface area (Å²) >= 11 is 0. The molecule has 0 atom stereocenters. The van der Waals surface area contributed by atoms with Gasteiger partial charge in [-0.1, -0.05) is 6.92 Å². The van der Waals surface area contributed by atoms with E-state index in [1.54, 1.807) is 24.1 Å². The summed E-state index contributed by atoms with van der Waals surface area (Å²) in [6.07, 6.45) is 4.26. The Kier molecular flexibility index (Phi) is 4.83. The van der Waals surface area contributed by atoms with Gasteiger partial charge in [0.2, 0.25) is 0 Å². The average Bonchev–Trinajstić information content (AvgIpc) is 2.24. The van der Waals surface area contributed by atoms with Crippen molar-refractivity contribution in [2.75, 3.05) is 25.6 Å². The minimum atomic E-state index is -0.0737. The molecule has 1 aromatic rings. The molecule has 1 rings (SSSR count). The predicted molar refractivity (Wildman–Crippen MR) is 59.2 cm³/mol. The van der Waals surface area contributed by atoms with Gasteiger partial charge < -0.3 is 14.6 Å². The normalized spacial score (nSPS) is 10.3. The van der Waals surface area contributed by atoms with Gasteiger partial charge in [0.1, 0.15) is 0 Å². The first kappa shape index (κ1) is 11.7. The fourth-order valence-electron chi connectivity index (χ4n) is 1.26. The number of rotatable bonds is 6. The number of hydrogen-bond acceptors (Lipinski definition) is 4. The first-order valence-electron chi connectivity index (χ1n) is 5.07. The highest BCUT2D eigenvalue weighted by molar-refractivity contribution is 5.30. The zero-order valence-corrected chi connectivity index (χ0v) is 9.19. The van der Waals surface area contributed by atoms with Gasteiger partial charge in [0.15, 0.2) is 5.82 Å². The molecular formula is C10H17N3O2. The van der Waals surface area contributed by atoms with Crippen LogP contribution in [0, 0.1) is 0 Å². The number of methoxy groups -OCH3 is 1. The van der Waals surface area contributed by atoms with Crippen LogP contribution in [0.2, 0.25) is 0 Å². The number of anilines is 1. The second kappa shape index (κ2) is 6.19. The zero-order chi connectivity index (χ0) is 11.1. The highest BCUT2D eigenvalue weighted by Gasteiger charge is 2.02.